The second-order valence-electron chi connectivity index (χ2n) is 5.71. The van der Waals surface area contributed by atoms with Gasteiger partial charge in [0.05, 0.1) is 7.11 Å². The number of aryl methyl sites for hydroxylation is 1. The van der Waals surface area contributed by atoms with Gasteiger partial charge in [-0.25, -0.2) is 14.2 Å². The standard InChI is InChI=1S/C19H19FN4O2/c1-24-11-10-21-18(24)17(13-6-8-14(20)9-7-13)23-19(25)22-15-4-3-5-16(12-15)26-2/h3-12,17H,1-2H3,(H2,22,23,25). The number of nitrogens with zero attached hydrogens (tertiary/aromatic N) is 2. The minimum absolute atomic E-state index is 0.340. The Morgan fingerprint density at radius 1 is 1.23 bits per heavy atom. The monoisotopic (exact) mass is 354 g/mol. The van der Waals surface area contributed by atoms with E-state index in [1.54, 1.807) is 60.5 Å². The van der Waals surface area contributed by atoms with Crippen LogP contribution in [0.15, 0.2) is 60.9 Å². The third-order valence-electron chi connectivity index (χ3n) is 3.92. The van der Waals surface area contributed by atoms with E-state index in [1.165, 1.54) is 12.1 Å². The molecule has 0 bridgehead atoms. The van der Waals surface area contributed by atoms with Crippen molar-refractivity contribution in [1.82, 2.24) is 14.9 Å². The molecule has 1 atom stereocenters. The lowest BCUT2D eigenvalue weighted by molar-refractivity contribution is 0.249. The molecule has 0 fully saturated rings. The number of carbonyl (C=O) groups is 1. The fourth-order valence-electron chi connectivity index (χ4n) is 2.61. The second kappa shape index (κ2) is 7.69. The summed E-state index contributed by atoms with van der Waals surface area (Å²) in [5.41, 5.74) is 1.32. The summed E-state index contributed by atoms with van der Waals surface area (Å²) in [6, 6.07) is 12.1. The van der Waals surface area contributed by atoms with Crippen molar-refractivity contribution in [1.29, 1.82) is 0 Å². The minimum atomic E-state index is -0.527. The number of nitrogens with one attached hydrogen (secondary N) is 2. The number of methoxy groups -OCH3 is 1. The van der Waals surface area contributed by atoms with Crippen LogP contribution in [0.25, 0.3) is 0 Å². The fourth-order valence-corrected chi connectivity index (χ4v) is 2.61. The number of benzene rings is 2. The van der Waals surface area contributed by atoms with Crippen LogP contribution in [0, 0.1) is 5.82 Å². The predicted octanol–water partition coefficient (Wildman–Crippen LogP) is 3.48. The molecule has 2 amide bonds. The van der Waals surface area contributed by atoms with Crippen LogP contribution >= 0.6 is 0 Å². The van der Waals surface area contributed by atoms with E-state index in [-0.39, 0.29) is 5.82 Å². The zero-order chi connectivity index (χ0) is 18.5. The molecule has 6 nitrogen and oxygen atoms in total. The van der Waals surface area contributed by atoms with Crippen molar-refractivity contribution >= 4 is 11.7 Å². The number of halogens is 1. The van der Waals surface area contributed by atoms with Crippen molar-refractivity contribution in [3.05, 3.63) is 78.1 Å². The molecule has 0 radical (unpaired) electrons. The highest BCUT2D eigenvalue weighted by Gasteiger charge is 2.21. The number of rotatable bonds is 5. The van der Waals surface area contributed by atoms with Crippen molar-refractivity contribution in [2.75, 3.05) is 12.4 Å². The smallest absolute Gasteiger partial charge is 0.320 e. The highest BCUT2D eigenvalue weighted by atomic mass is 19.1. The molecular formula is C19H19FN4O2. The Kier molecular flexibility index (Phi) is 5.17. The second-order valence-corrected chi connectivity index (χ2v) is 5.71. The molecule has 1 unspecified atom stereocenters. The van der Waals surface area contributed by atoms with Crippen molar-refractivity contribution in [2.24, 2.45) is 7.05 Å². The molecule has 0 aliphatic rings. The van der Waals surface area contributed by atoms with Gasteiger partial charge in [-0.2, -0.15) is 0 Å². The van der Waals surface area contributed by atoms with E-state index in [9.17, 15) is 9.18 Å². The molecule has 134 valence electrons. The molecule has 1 heterocycles. The van der Waals surface area contributed by atoms with E-state index in [0.29, 0.717) is 17.3 Å². The van der Waals surface area contributed by atoms with Crippen LogP contribution in [0.5, 0.6) is 5.75 Å². The SMILES string of the molecule is COc1cccc(NC(=O)NC(c2ccc(F)cc2)c2nccn2C)c1. The summed E-state index contributed by atoms with van der Waals surface area (Å²) in [5, 5.41) is 5.65. The Morgan fingerprint density at radius 3 is 2.65 bits per heavy atom. The molecule has 0 spiro atoms. The number of amides is 2. The molecule has 7 heteroatoms. The number of imidazole rings is 1. The highest BCUT2D eigenvalue weighted by molar-refractivity contribution is 5.89. The highest BCUT2D eigenvalue weighted by Crippen LogP contribution is 2.22. The maximum absolute atomic E-state index is 13.3. The van der Waals surface area contributed by atoms with Gasteiger partial charge in [0, 0.05) is 31.2 Å². The van der Waals surface area contributed by atoms with Crippen LogP contribution in [0.3, 0.4) is 0 Å². The summed E-state index contributed by atoms with van der Waals surface area (Å²) < 4.78 is 20.2. The van der Waals surface area contributed by atoms with E-state index >= 15 is 0 Å². The molecule has 0 aliphatic heterocycles. The van der Waals surface area contributed by atoms with Gasteiger partial charge in [0.2, 0.25) is 0 Å². The molecule has 3 rings (SSSR count). The van der Waals surface area contributed by atoms with Gasteiger partial charge in [-0.15, -0.1) is 0 Å². The lowest BCUT2D eigenvalue weighted by atomic mass is 10.1. The lowest BCUT2D eigenvalue weighted by Gasteiger charge is -2.19. The van der Waals surface area contributed by atoms with Gasteiger partial charge >= 0.3 is 6.03 Å². The molecule has 0 saturated heterocycles. The van der Waals surface area contributed by atoms with Crippen LogP contribution in [0.4, 0.5) is 14.9 Å². The number of aromatic nitrogens is 2. The normalized spacial score (nSPS) is 11.7. The van der Waals surface area contributed by atoms with Gasteiger partial charge in [-0.3, -0.25) is 0 Å². The number of hydrogen-bond donors (Lipinski definition) is 2. The van der Waals surface area contributed by atoms with Crippen molar-refractivity contribution in [3.63, 3.8) is 0 Å². The zero-order valence-corrected chi connectivity index (χ0v) is 14.4. The summed E-state index contributed by atoms with van der Waals surface area (Å²) in [6.07, 6.45) is 3.43. The minimum Gasteiger partial charge on any atom is -0.497 e. The molecule has 2 aromatic carbocycles. The number of anilines is 1. The fraction of sp³-hybridized carbons (Fsp3) is 0.158. The van der Waals surface area contributed by atoms with Gasteiger partial charge in [0.25, 0.3) is 0 Å². The number of carbonyl (C=O) groups excluding carboxylic acids is 1. The maximum Gasteiger partial charge on any atom is 0.320 e. The van der Waals surface area contributed by atoms with E-state index in [1.807, 2.05) is 7.05 Å². The number of urea groups is 1. The molecule has 0 saturated carbocycles. The number of hydrogen-bond acceptors (Lipinski definition) is 3. The topological polar surface area (TPSA) is 68.2 Å². The average Bonchev–Trinajstić information content (AvgIpc) is 3.06. The summed E-state index contributed by atoms with van der Waals surface area (Å²) in [6.45, 7) is 0. The molecule has 3 aromatic rings. The van der Waals surface area contributed by atoms with E-state index < -0.39 is 12.1 Å². The third-order valence-corrected chi connectivity index (χ3v) is 3.92. The van der Waals surface area contributed by atoms with Crippen LogP contribution in [-0.2, 0) is 7.05 Å². The Balaban J connectivity index is 1.82. The van der Waals surface area contributed by atoms with Crippen LogP contribution in [-0.4, -0.2) is 22.7 Å². The van der Waals surface area contributed by atoms with Crippen molar-refractivity contribution in [2.45, 2.75) is 6.04 Å². The zero-order valence-electron chi connectivity index (χ0n) is 14.4. The Morgan fingerprint density at radius 2 is 2.00 bits per heavy atom. The molecule has 26 heavy (non-hydrogen) atoms. The van der Waals surface area contributed by atoms with E-state index in [0.717, 1.165) is 5.56 Å². The first-order valence-corrected chi connectivity index (χ1v) is 8.01. The first-order valence-electron chi connectivity index (χ1n) is 8.01. The summed E-state index contributed by atoms with van der Waals surface area (Å²) in [5.74, 6) is 0.938. The largest absolute Gasteiger partial charge is 0.497 e. The Labute approximate surface area is 150 Å². The van der Waals surface area contributed by atoms with Gasteiger partial charge in [-0.05, 0) is 29.8 Å². The van der Waals surface area contributed by atoms with Gasteiger partial charge in [0.15, 0.2) is 0 Å². The predicted molar refractivity (Wildman–Crippen MR) is 96.6 cm³/mol. The summed E-state index contributed by atoms with van der Waals surface area (Å²) in [7, 11) is 3.39. The van der Waals surface area contributed by atoms with Crippen LogP contribution in [0.2, 0.25) is 0 Å². The first kappa shape index (κ1) is 17.5. The Hall–Kier alpha value is -3.35. The molecule has 1 aromatic heterocycles. The average molecular weight is 354 g/mol. The lowest BCUT2D eigenvalue weighted by Crippen LogP contribution is -2.34. The molecule has 0 aliphatic carbocycles. The van der Waals surface area contributed by atoms with Crippen molar-refractivity contribution in [3.8, 4) is 5.75 Å². The van der Waals surface area contributed by atoms with Gasteiger partial charge in [0.1, 0.15) is 23.4 Å². The van der Waals surface area contributed by atoms with E-state index in [4.69, 9.17) is 4.74 Å². The van der Waals surface area contributed by atoms with Crippen molar-refractivity contribution < 1.29 is 13.9 Å². The maximum atomic E-state index is 13.3. The summed E-state index contributed by atoms with van der Waals surface area (Å²) in [4.78, 5) is 16.8. The third kappa shape index (κ3) is 4.00. The number of ether oxygens (including phenoxy) is 1. The summed E-state index contributed by atoms with van der Waals surface area (Å²) >= 11 is 0. The molecule has 2 N–H and O–H groups in total. The van der Waals surface area contributed by atoms with Gasteiger partial charge in [-0.1, -0.05) is 18.2 Å². The van der Waals surface area contributed by atoms with Crippen LogP contribution < -0.4 is 15.4 Å². The van der Waals surface area contributed by atoms with E-state index in [2.05, 4.69) is 15.6 Å². The van der Waals surface area contributed by atoms with Gasteiger partial charge < -0.3 is 19.9 Å². The van der Waals surface area contributed by atoms with Crippen LogP contribution in [0.1, 0.15) is 17.4 Å². The quantitative estimate of drug-likeness (QED) is 0.737. The Bertz CT molecular complexity index is 893. The first-order chi connectivity index (χ1) is 12.6. The molecular weight excluding hydrogens is 335 g/mol.